The number of methoxy groups -OCH3 is 1. The van der Waals surface area contributed by atoms with Crippen LogP contribution in [-0.2, 0) is 6.18 Å². The van der Waals surface area contributed by atoms with Crippen molar-refractivity contribution in [1.29, 1.82) is 0 Å². The van der Waals surface area contributed by atoms with Crippen molar-refractivity contribution in [2.24, 2.45) is 0 Å². The molecule has 2 nitrogen and oxygen atoms in total. The normalized spacial score (nSPS) is 11.7. The summed E-state index contributed by atoms with van der Waals surface area (Å²) in [7, 11) is 1.33. The highest BCUT2D eigenvalue weighted by atomic mass is 19.4. The van der Waals surface area contributed by atoms with Crippen LogP contribution < -0.4 is 4.74 Å². The van der Waals surface area contributed by atoms with Gasteiger partial charge in [-0.15, -0.1) is 0 Å². The lowest BCUT2D eigenvalue weighted by atomic mass is 9.89. The Morgan fingerprint density at radius 2 is 1.75 bits per heavy atom. The molecule has 0 radical (unpaired) electrons. The first-order valence-electron chi connectivity index (χ1n) is 7.23. The Morgan fingerprint density at radius 1 is 1.08 bits per heavy atom. The van der Waals surface area contributed by atoms with Gasteiger partial charge in [0.05, 0.1) is 12.7 Å². The summed E-state index contributed by atoms with van der Waals surface area (Å²) in [6.45, 7) is 3.27. The third kappa shape index (κ3) is 3.42. The highest BCUT2D eigenvalue weighted by molar-refractivity contribution is 5.90. The predicted molar refractivity (Wildman–Crippen MR) is 82.9 cm³/mol. The fourth-order valence-electron chi connectivity index (χ4n) is 2.57. The number of rotatable bonds is 4. The second kappa shape index (κ2) is 6.63. The number of ether oxygens (including phenoxy) is 1. The molecule has 0 saturated carbocycles. The number of benzene rings is 2. The molecule has 0 fully saturated rings. The largest absolute Gasteiger partial charge is 0.496 e. The van der Waals surface area contributed by atoms with E-state index in [9.17, 15) is 22.4 Å². The molecule has 24 heavy (non-hydrogen) atoms. The molecular weight excluding hydrogens is 324 g/mol. The van der Waals surface area contributed by atoms with E-state index in [1.54, 1.807) is 13.8 Å². The van der Waals surface area contributed by atoms with Crippen molar-refractivity contribution >= 4 is 6.29 Å². The molecule has 0 unspecified atom stereocenters. The van der Waals surface area contributed by atoms with E-state index in [4.69, 9.17) is 4.74 Å². The number of carbonyl (C=O) groups is 1. The van der Waals surface area contributed by atoms with Crippen LogP contribution >= 0.6 is 0 Å². The SMILES string of the molecule is COc1cc(F)ccc1-c1cc(C(C)C)c(C(F)(F)F)cc1C=O. The van der Waals surface area contributed by atoms with Crippen molar-refractivity contribution in [1.82, 2.24) is 0 Å². The quantitative estimate of drug-likeness (QED) is 0.546. The predicted octanol–water partition coefficient (Wildman–Crippen LogP) is 5.46. The molecular formula is C18H16F4O2. The van der Waals surface area contributed by atoms with Gasteiger partial charge in [-0.25, -0.2) is 4.39 Å². The van der Waals surface area contributed by atoms with Crippen molar-refractivity contribution < 1.29 is 27.1 Å². The lowest BCUT2D eigenvalue weighted by Crippen LogP contribution is -2.12. The first kappa shape index (κ1) is 18.0. The zero-order valence-corrected chi connectivity index (χ0v) is 13.4. The van der Waals surface area contributed by atoms with E-state index in [1.807, 2.05) is 0 Å². The Balaban J connectivity index is 2.80. The van der Waals surface area contributed by atoms with E-state index in [1.165, 1.54) is 25.3 Å². The highest BCUT2D eigenvalue weighted by Crippen LogP contribution is 2.41. The smallest absolute Gasteiger partial charge is 0.416 e. The Kier molecular flexibility index (Phi) is 4.96. The van der Waals surface area contributed by atoms with Crippen LogP contribution in [0.4, 0.5) is 17.6 Å². The van der Waals surface area contributed by atoms with Crippen molar-refractivity contribution in [3.05, 3.63) is 52.8 Å². The van der Waals surface area contributed by atoms with Crippen LogP contribution in [0.3, 0.4) is 0 Å². The second-order valence-electron chi connectivity index (χ2n) is 5.64. The molecule has 2 aromatic carbocycles. The van der Waals surface area contributed by atoms with Crippen LogP contribution in [0.15, 0.2) is 30.3 Å². The van der Waals surface area contributed by atoms with Crippen molar-refractivity contribution in [2.45, 2.75) is 25.9 Å². The van der Waals surface area contributed by atoms with Crippen LogP contribution in [-0.4, -0.2) is 13.4 Å². The lowest BCUT2D eigenvalue weighted by Gasteiger charge is -2.19. The number of aldehydes is 1. The van der Waals surface area contributed by atoms with Crippen molar-refractivity contribution in [3.8, 4) is 16.9 Å². The molecule has 2 aromatic rings. The minimum absolute atomic E-state index is 0.0643. The van der Waals surface area contributed by atoms with Gasteiger partial charge in [0.25, 0.3) is 0 Å². The van der Waals surface area contributed by atoms with Gasteiger partial charge in [-0.1, -0.05) is 13.8 Å². The molecule has 0 N–H and O–H groups in total. The van der Waals surface area contributed by atoms with Crippen LogP contribution in [0.2, 0.25) is 0 Å². The molecule has 2 rings (SSSR count). The summed E-state index contributed by atoms with van der Waals surface area (Å²) in [5.74, 6) is -0.806. The zero-order valence-electron chi connectivity index (χ0n) is 13.4. The molecule has 0 bridgehead atoms. The Morgan fingerprint density at radius 3 is 2.25 bits per heavy atom. The highest BCUT2D eigenvalue weighted by Gasteiger charge is 2.35. The number of hydrogen-bond donors (Lipinski definition) is 0. The average molecular weight is 340 g/mol. The molecule has 0 aliphatic rings. The summed E-state index contributed by atoms with van der Waals surface area (Å²) >= 11 is 0. The number of alkyl halides is 3. The summed E-state index contributed by atoms with van der Waals surface area (Å²) in [6.07, 6.45) is -4.21. The van der Waals surface area contributed by atoms with E-state index in [0.29, 0.717) is 11.8 Å². The van der Waals surface area contributed by atoms with Gasteiger partial charge in [0.2, 0.25) is 0 Å². The third-order valence-corrected chi connectivity index (χ3v) is 3.73. The van der Waals surface area contributed by atoms with Gasteiger partial charge in [0.1, 0.15) is 11.6 Å². The summed E-state index contributed by atoms with van der Waals surface area (Å²) in [5, 5.41) is 0. The molecule has 0 aliphatic carbocycles. The van der Waals surface area contributed by atoms with E-state index >= 15 is 0 Å². The standard InChI is InChI=1S/C18H16F4O2/c1-10(2)14-8-15(11(9-23)6-16(14)18(20,21)22)13-5-4-12(19)7-17(13)24-3/h4-10H,1-3H3. The average Bonchev–Trinajstić information content (AvgIpc) is 2.52. The Labute approximate surface area is 137 Å². The lowest BCUT2D eigenvalue weighted by molar-refractivity contribution is -0.138. The van der Waals surface area contributed by atoms with Gasteiger partial charge < -0.3 is 4.74 Å². The molecule has 0 aliphatic heterocycles. The molecule has 0 spiro atoms. The van der Waals surface area contributed by atoms with Gasteiger partial charge in [-0.3, -0.25) is 4.79 Å². The van der Waals surface area contributed by atoms with Gasteiger partial charge in [0, 0.05) is 17.2 Å². The van der Waals surface area contributed by atoms with Crippen LogP contribution in [0.25, 0.3) is 11.1 Å². The molecule has 0 saturated heterocycles. The van der Waals surface area contributed by atoms with E-state index < -0.39 is 23.5 Å². The molecule has 128 valence electrons. The van der Waals surface area contributed by atoms with E-state index in [-0.39, 0.29) is 22.4 Å². The van der Waals surface area contributed by atoms with Gasteiger partial charge in [-0.05, 0) is 41.3 Å². The maximum atomic E-state index is 13.4. The van der Waals surface area contributed by atoms with Gasteiger partial charge in [0.15, 0.2) is 6.29 Å². The molecule has 0 heterocycles. The number of carbonyl (C=O) groups excluding carboxylic acids is 1. The second-order valence-corrected chi connectivity index (χ2v) is 5.64. The van der Waals surface area contributed by atoms with Gasteiger partial charge >= 0.3 is 6.18 Å². The minimum Gasteiger partial charge on any atom is -0.496 e. The van der Waals surface area contributed by atoms with E-state index in [0.717, 1.165) is 12.1 Å². The summed E-state index contributed by atoms with van der Waals surface area (Å²) in [6, 6.07) is 5.83. The summed E-state index contributed by atoms with van der Waals surface area (Å²) in [5.41, 5.74) is -0.272. The topological polar surface area (TPSA) is 26.3 Å². The molecule has 0 amide bonds. The molecule has 0 atom stereocenters. The van der Waals surface area contributed by atoms with Crippen LogP contribution in [0, 0.1) is 5.82 Å². The first-order chi connectivity index (χ1) is 11.2. The van der Waals surface area contributed by atoms with Crippen LogP contribution in [0.1, 0.15) is 41.3 Å². The number of hydrogen-bond acceptors (Lipinski definition) is 2. The maximum absolute atomic E-state index is 13.4. The third-order valence-electron chi connectivity index (χ3n) is 3.73. The van der Waals surface area contributed by atoms with Crippen molar-refractivity contribution in [3.63, 3.8) is 0 Å². The Bertz CT molecular complexity index is 764. The van der Waals surface area contributed by atoms with Crippen LogP contribution in [0.5, 0.6) is 5.75 Å². The zero-order chi connectivity index (χ0) is 18.1. The summed E-state index contributed by atoms with van der Waals surface area (Å²) < 4.78 is 58.3. The fourth-order valence-corrected chi connectivity index (χ4v) is 2.57. The summed E-state index contributed by atoms with van der Waals surface area (Å²) in [4.78, 5) is 11.3. The maximum Gasteiger partial charge on any atom is 0.416 e. The van der Waals surface area contributed by atoms with Gasteiger partial charge in [-0.2, -0.15) is 13.2 Å². The minimum atomic E-state index is -4.57. The molecule has 0 aromatic heterocycles. The fraction of sp³-hybridized carbons (Fsp3) is 0.278. The molecule has 6 heteroatoms. The van der Waals surface area contributed by atoms with E-state index in [2.05, 4.69) is 0 Å². The number of halogens is 4. The van der Waals surface area contributed by atoms with Crippen molar-refractivity contribution in [2.75, 3.05) is 7.11 Å². The monoisotopic (exact) mass is 340 g/mol. The Hall–Kier alpha value is -2.37. The first-order valence-corrected chi connectivity index (χ1v) is 7.23.